The Morgan fingerprint density at radius 1 is 1.23 bits per heavy atom. The molecule has 2 heterocycles. The van der Waals surface area contributed by atoms with Crippen LogP contribution in [0, 0.1) is 10.1 Å². The van der Waals surface area contributed by atoms with Crippen LogP contribution in [0.3, 0.4) is 0 Å². The molecular formula is C20H20N4O7. The summed E-state index contributed by atoms with van der Waals surface area (Å²) in [5, 5.41) is 12.4. The van der Waals surface area contributed by atoms with Gasteiger partial charge in [-0.3, -0.25) is 14.9 Å². The molecule has 3 aromatic rings. The van der Waals surface area contributed by atoms with Gasteiger partial charge in [0.25, 0.3) is 0 Å². The van der Waals surface area contributed by atoms with Gasteiger partial charge in [-0.2, -0.15) is 4.98 Å². The summed E-state index contributed by atoms with van der Waals surface area (Å²) in [6.07, 6.45) is 1.09. The van der Waals surface area contributed by atoms with Crippen LogP contribution in [0.4, 0.5) is 11.5 Å². The topological polar surface area (TPSA) is 138 Å². The lowest BCUT2D eigenvalue weighted by Crippen LogP contribution is -2.33. The zero-order chi connectivity index (χ0) is 22.8. The highest BCUT2D eigenvalue weighted by atomic mass is 16.6. The monoisotopic (exact) mass is 428 g/mol. The van der Waals surface area contributed by atoms with E-state index in [-0.39, 0.29) is 29.6 Å². The van der Waals surface area contributed by atoms with E-state index >= 15 is 0 Å². The molecule has 0 fully saturated rings. The van der Waals surface area contributed by atoms with E-state index in [0.717, 1.165) is 6.33 Å². The van der Waals surface area contributed by atoms with Gasteiger partial charge in [-0.05, 0) is 39.0 Å². The number of anilines is 1. The second-order valence-corrected chi connectivity index (χ2v) is 7.61. The molecular weight excluding hydrogens is 408 g/mol. The fraction of sp³-hybridized carbons (Fsp3) is 0.300. The minimum atomic E-state index is -0.700. The number of fused-ring (bicyclic) bond motifs is 1. The van der Waals surface area contributed by atoms with Crippen molar-refractivity contribution in [2.75, 3.05) is 18.5 Å². The molecule has 11 nitrogen and oxygen atoms in total. The van der Waals surface area contributed by atoms with Gasteiger partial charge in [0, 0.05) is 24.6 Å². The Labute approximate surface area is 176 Å². The van der Waals surface area contributed by atoms with Gasteiger partial charge in [0.1, 0.15) is 29.8 Å². The van der Waals surface area contributed by atoms with Gasteiger partial charge in [0.15, 0.2) is 0 Å². The Bertz CT molecular complexity index is 1200. The number of esters is 1. The molecule has 0 saturated carbocycles. The van der Waals surface area contributed by atoms with Crippen LogP contribution in [0.2, 0.25) is 0 Å². The second kappa shape index (κ2) is 8.38. The minimum absolute atomic E-state index is 0.117. The first kappa shape index (κ1) is 21.7. The Balaban J connectivity index is 1.92. The third-order valence-electron chi connectivity index (χ3n) is 3.91. The highest BCUT2D eigenvalue weighted by Crippen LogP contribution is 2.36. The molecule has 0 aliphatic heterocycles. The van der Waals surface area contributed by atoms with Crippen molar-refractivity contribution in [2.45, 2.75) is 26.4 Å². The van der Waals surface area contributed by atoms with Crippen LogP contribution in [-0.4, -0.2) is 40.1 Å². The smallest absolute Gasteiger partial charge is 0.373 e. The standard InChI is InChI=1S/C20H20N4O7/c1-20(2,3)31-16(26)10-23(4)18-17(24(27)28)19(22-11-21-18)29-13-7-5-12-6-8-15(25)30-14(12)9-13/h5-9,11H,10H2,1-4H3. The van der Waals surface area contributed by atoms with Crippen LogP contribution in [-0.2, 0) is 9.53 Å². The number of nitrogens with zero attached hydrogens (tertiary/aromatic N) is 4. The van der Waals surface area contributed by atoms with E-state index in [2.05, 4.69) is 9.97 Å². The largest absolute Gasteiger partial charge is 0.459 e. The normalized spacial score (nSPS) is 11.2. The molecule has 11 heteroatoms. The number of carbonyl (C=O) groups excluding carboxylic acids is 1. The number of benzene rings is 1. The van der Waals surface area contributed by atoms with E-state index in [1.807, 2.05) is 0 Å². The molecule has 0 aliphatic carbocycles. The van der Waals surface area contributed by atoms with Gasteiger partial charge in [-0.15, -0.1) is 0 Å². The maximum atomic E-state index is 12.1. The quantitative estimate of drug-likeness (QED) is 0.249. The minimum Gasteiger partial charge on any atom is -0.459 e. The molecule has 0 spiro atoms. The number of ether oxygens (including phenoxy) is 2. The molecule has 3 rings (SSSR count). The SMILES string of the molecule is CN(CC(=O)OC(C)(C)C)c1ncnc(Oc2ccc3ccc(=O)oc3c2)c1[N+](=O)[O-]. The lowest BCUT2D eigenvalue weighted by atomic mass is 10.2. The average Bonchev–Trinajstić information content (AvgIpc) is 2.65. The third-order valence-corrected chi connectivity index (χ3v) is 3.91. The predicted octanol–water partition coefficient (Wildman–Crippen LogP) is 3.06. The van der Waals surface area contributed by atoms with Gasteiger partial charge < -0.3 is 18.8 Å². The van der Waals surface area contributed by atoms with Gasteiger partial charge in [-0.1, -0.05) is 0 Å². The van der Waals surface area contributed by atoms with E-state index in [1.165, 1.54) is 24.1 Å². The molecule has 0 saturated heterocycles. The number of hydrogen-bond acceptors (Lipinski definition) is 10. The third kappa shape index (κ3) is 5.32. The van der Waals surface area contributed by atoms with Gasteiger partial charge in [-0.25, -0.2) is 9.78 Å². The van der Waals surface area contributed by atoms with Crippen molar-refractivity contribution in [3.63, 3.8) is 0 Å². The molecule has 0 aliphatic rings. The number of likely N-dealkylation sites (N-methyl/N-ethyl adjacent to an activating group) is 1. The first-order valence-electron chi connectivity index (χ1n) is 9.17. The van der Waals surface area contributed by atoms with Crippen molar-refractivity contribution in [1.29, 1.82) is 0 Å². The van der Waals surface area contributed by atoms with Crippen LogP contribution in [0.25, 0.3) is 11.0 Å². The molecule has 162 valence electrons. The molecule has 2 aromatic heterocycles. The summed E-state index contributed by atoms with van der Waals surface area (Å²) < 4.78 is 15.9. The van der Waals surface area contributed by atoms with Crippen molar-refractivity contribution in [3.8, 4) is 11.6 Å². The van der Waals surface area contributed by atoms with Gasteiger partial charge in [0.05, 0.1) is 4.92 Å². The molecule has 0 amide bonds. The molecule has 31 heavy (non-hydrogen) atoms. The lowest BCUT2D eigenvalue weighted by Gasteiger charge is -2.23. The fourth-order valence-electron chi connectivity index (χ4n) is 2.73. The number of carbonyl (C=O) groups is 1. The molecule has 0 radical (unpaired) electrons. The number of aromatic nitrogens is 2. The van der Waals surface area contributed by atoms with E-state index in [9.17, 15) is 19.7 Å². The predicted molar refractivity (Wildman–Crippen MR) is 110 cm³/mol. The number of rotatable bonds is 6. The number of nitro groups is 1. The summed E-state index contributed by atoms with van der Waals surface area (Å²) in [7, 11) is 1.47. The molecule has 0 bridgehead atoms. The molecule has 0 N–H and O–H groups in total. The summed E-state index contributed by atoms with van der Waals surface area (Å²) >= 11 is 0. The summed E-state index contributed by atoms with van der Waals surface area (Å²) in [6, 6.07) is 7.48. The van der Waals surface area contributed by atoms with Crippen LogP contribution in [0.1, 0.15) is 20.8 Å². The zero-order valence-electron chi connectivity index (χ0n) is 17.3. The van der Waals surface area contributed by atoms with Crippen molar-refractivity contribution in [2.24, 2.45) is 0 Å². The summed E-state index contributed by atoms with van der Waals surface area (Å²) in [5.41, 5.74) is -1.51. The highest BCUT2D eigenvalue weighted by molar-refractivity contribution is 5.79. The summed E-state index contributed by atoms with van der Waals surface area (Å²) in [4.78, 5) is 43.7. The number of hydrogen-bond donors (Lipinski definition) is 0. The van der Waals surface area contributed by atoms with Crippen molar-refractivity contribution in [1.82, 2.24) is 9.97 Å². The van der Waals surface area contributed by atoms with Crippen molar-refractivity contribution >= 4 is 28.4 Å². The average molecular weight is 428 g/mol. The van der Waals surface area contributed by atoms with E-state index < -0.39 is 27.8 Å². The maximum absolute atomic E-state index is 12.1. The van der Waals surface area contributed by atoms with E-state index in [0.29, 0.717) is 5.39 Å². The van der Waals surface area contributed by atoms with Gasteiger partial charge in [0.2, 0.25) is 5.82 Å². The van der Waals surface area contributed by atoms with Crippen LogP contribution < -0.4 is 15.3 Å². The zero-order valence-corrected chi connectivity index (χ0v) is 17.3. The highest BCUT2D eigenvalue weighted by Gasteiger charge is 2.29. The molecule has 0 atom stereocenters. The Hall–Kier alpha value is -4.02. The fourth-order valence-corrected chi connectivity index (χ4v) is 2.73. The lowest BCUT2D eigenvalue weighted by molar-refractivity contribution is -0.385. The van der Waals surface area contributed by atoms with Crippen molar-refractivity contribution in [3.05, 3.63) is 57.2 Å². The van der Waals surface area contributed by atoms with Crippen LogP contribution in [0.15, 0.2) is 45.9 Å². The summed E-state index contributed by atoms with van der Waals surface area (Å²) in [5.74, 6) is -0.851. The Morgan fingerprint density at radius 3 is 2.61 bits per heavy atom. The molecule has 0 unspecified atom stereocenters. The van der Waals surface area contributed by atoms with Crippen LogP contribution >= 0.6 is 0 Å². The first-order chi connectivity index (χ1) is 14.5. The first-order valence-corrected chi connectivity index (χ1v) is 9.17. The molecule has 1 aromatic carbocycles. The maximum Gasteiger partial charge on any atom is 0.373 e. The van der Waals surface area contributed by atoms with E-state index in [1.54, 1.807) is 39.0 Å². The van der Waals surface area contributed by atoms with Crippen LogP contribution in [0.5, 0.6) is 11.6 Å². The Morgan fingerprint density at radius 2 is 1.94 bits per heavy atom. The summed E-state index contributed by atoms with van der Waals surface area (Å²) in [6.45, 7) is 4.89. The Kier molecular flexibility index (Phi) is 5.86. The second-order valence-electron chi connectivity index (χ2n) is 7.61. The van der Waals surface area contributed by atoms with Gasteiger partial charge >= 0.3 is 23.2 Å². The van der Waals surface area contributed by atoms with E-state index in [4.69, 9.17) is 13.9 Å². The van der Waals surface area contributed by atoms with Crippen molar-refractivity contribution < 1.29 is 23.6 Å².